The molecule has 1 aromatic heterocycles. The molecule has 5 nitrogen and oxygen atoms in total. The van der Waals surface area contributed by atoms with E-state index in [1.807, 2.05) is 40.7 Å². The summed E-state index contributed by atoms with van der Waals surface area (Å²) >= 11 is 0. The molecule has 5 heteroatoms. The molecule has 0 N–H and O–H groups in total. The Morgan fingerprint density at radius 3 is 2.35 bits per heavy atom. The molecule has 0 saturated carbocycles. The molecule has 0 aliphatic heterocycles. The summed E-state index contributed by atoms with van der Waals surface area (Å²) < 4.78 is 7.56. The summed E-state index contributed by atoms with van der Waals surface area (Å²) in [4.78, 5) is 25.3. The van der Waals surface area contributed by atoms with Crippen LogP contribution in [0.1, 0.15) is 57.6 Å². The first-order valence-corrected chi connectivity index (χ1v) is 8.05. The van der Waals surface area contributed by atoms with Gasteiger partial charge in [0.1, 0.15) is 17.9 Å². The van der Waals surface area contributed by atoms with Gasteiger partial charge in [-0.1, -0.05) is 13.8 Å². The highest BCUT2D eigenvalue weighted by Crippen LogP contribution is 2.26. The van der Waals surface area contributed by atoms with Crippen LogP contribution in [0.4, 0.5) is 4.79 Å². The first-order valence-electron chi connectivity index (χ1n) is 8.05. The number of carbonyl (C=O) groups excluding carboxylic acids is 2. The van der Waals surface area contributed by atoms with Crippen LogP contribution in [0, 0.1) is 19.8 Å². The molecule has 0 aromatic carbocycles. The lowest BCUT2D eigenvalue weighted by Crippen LogP contribution is -2.37. The molecule has 0 spiro atoms. The Hall–Kier alpha value is -1.78. The minimum absolute atomic E-state index is 0.497. The summed E-state index contributed by atoms with van der Waals surface area (Å²) in [6.07, 6.45) is 0.300. The van der Waals surface area contributed by atoms with E-state index in [1.165, 1.54) is 4.90 Å². The van der Waals surface area contributed by atoms with Crippen LogP contribution >= 0.6 is 0 Å². The zero-order chi connectivity index (χ0) is 17.9. The van der Waals surface area contributed by atoms with Gasteiger partial charge in [0.2, 0.25) is 0 Å². The molecule has 0 aliphatic rings. The Morgan fingerprint density at radius 1 is 1.35 bits per heavy atom. The number of ether oxygens (including phenoxy) is 1. The molecule has 0 saturated heterocycles. The second-order valence-corrected chi connectivity index (χ2v) is 7.50. The van der Waals surface area contributed by atoms with Gasteiger partial charge in [0.25, 0.3) is 0 Å². The molecular weight excluding hydrogens is 292 g/mol. The van der Waals surface area contributed by atoms with Crippen molar-refractivity contribution in [3.05, 3.63) is 23.0 Å². The standard InChI is InChI=1S/C18H30N2O3/c1-12(2)10-20-13(3)9-15(14(20)4)16(11-21)19(8)17(22)23-18(5,6)7/h9,11-12,16H,10H2,1-8H3. The Kier molecular flexibility index (Phi) is 6.03. The quantitative estimate of drug-likeness (QED) is 0.773. The van der Waals surface area contributed by atoms with Crippen LogP contribution in [-0.2, 0) is 16.1 Å². The van der Waals surface area contributed by atoms with E-state index in [0.717, 1.165) is 29.8 Å². The number of aryl methyl sites for hydroxylation is 1. The molecule has 0 aliphatic carbocycles. The van der Waals surface area contributed by atoms with Gasteiger partial charge in [-0.25, -0.2) is 4.79 Å². The average molecular weight is 322 g/mol. The van der Waals surface area contributed by atoms with Gasteiger partial charge in [0.15, 0.2) is 0 Å². The Bertz CT molecular complexity index is 568. The summed E-state index contributed by atoms with van der Waals surface area (Å²) in [7, 11) is 1.60. The highest BCUT2D eigenvalue weighted by atomic mass is 16.6. The van der Waals surface area contributed by atoms with Gasteiger partial charge in [0, 0.05) is 30.5 Å². The Morgan fingerprint density at radius 2 is 1.91 bits per heavy atom. The smallest absolute Gasteiger partial charge is 0.410 e. The zero-order valence-corrected chi connectivity index (χ0v) is 15.6. The fraction of sp³-hybridized carbons (Fsp3) is 0.667. The van der Waals surface area contributed by atoms with Gasteiger partial charge in [-0.15, -0.1) is 0 Å². The van der Waals surface area contributed by atoms with E-state index in [0.29, 0.717) is 5.92 Å². The van der Waals surface area contributed by atoms with Gasteiger partial charge < -0.3 is 14.1 Å². The summed E-state index contributed by atoms with van der Waals surface area (Å²) in [5, 5.41) is 0. The molecule has 1 aromatic rings. The van der Waals surface area contributed by atoms with E-state index in [4.69, 9.17) is 4.74 Å². The molecule has 0 bridgehead atoms. The maximum atomic E-state index is 12.3. The fourth-order valence-corrected chi connectivity index (χ4v) is 2.59. The van der Waals surface area contributed by atoms with Gasteiger partial charge in [-0.2, -0.15) is 0 Å². The third kappa shape index (κ3) is 4.85. The molecular formula is C18H30N2O3. The van der Waals surface area contributed by atoms with E-state index in [1.54, 1.807) is 7.05 Å². The van der Waals surface area contributed by atoms with Crippen LogP contribution < -0.4 is 0 Å². The SMILES string of the molecule is Cc1cc(C(C=O)N(C)C(=O)OC(C)(C)C)c(C)n1CC(C)C. The lowest BCUT2D eigenvalue weighted by atomic mass is 10.1. The molecule has 1 amide bonds. The summed E-state index contributed by atoms with van der Waals surface area (Å²) in [5.74, 6) is 0.505. The zero-order valence-electron chi connectivity index (χ0n) is 15.6. The van der Waals surface area contributed by atoms with Crippen LogP contribution in [0.3, 0.4) is 0 Å². The number of carbonyl (C=O) groups is 2. The predicted molar refractivity (Wildman–Crippen MR) is 91.5 cm³/mol. The van der Waals surface area contributed by atoms with Gasteiger partial charge in [-0.05, 0) is 46.6 Å². The number of aldehydes is 1. The molecule has 1 atom stereocenters. The normalized spacial score (nSPS) is 13.1. The number of hydrogen-bond acceptors (Lipinski definition) is 3. The van der Waals surface area contributed by atoms with Crippen molar-refractivity contribution in [1.29, 1.82) is 0 Å². The second-order valence-electron chi connectivity index (χ2n) is 7.50. The topological polar surface area (TPSA) is 51.5 Å². The predicted octanol–water partition coefficient (Wildman–Crippen LogP) is 3.87. The molecule has 23 heavy (non-hydrogen) atoms. The van der Waals surface area contributed by atoms with Gasteiger partial charge in [0.05, 0.1) is 0 Å². The monoisotopic (exact) mass is 322 g/mol. The summed E-state index contributed by atoms with van der Waals surface area (Å²) in [5.41, 5.74) is 2.37. The highest BCUT2D eigenvalue weighted by molar-refractivity contribution is 5.75. The number of amides is 1. The van der Waals surface area contributed by atoms with Gasteiger partial charge in [-0.3, -0.25) is 4.90 Å². The number of rotatable bonds is 5. The number of hydrogen-bond donors (Lipinski definition) is 0. The van der Waals surface area contributed by atoms with Crippen LogP contribution in [-0.4, -0.2) is 34.5 Å². The third-order valence-corrected chi connectivity index (χ3v) is 3.71. The van der Waals surface area contributed by atoms with Gasteiger partial charge >= 0.3 is 6.09 Å². The van der Waals surface area contributed by atoms with E-state index in [2.05, 4.69) is 18.4 Å². The first-order chi connectivity index (χ1) is 10.5. The van der Waals surface area contributed by atoms with Crippen molar-refractivity contribution < 1.29 is 14.3 Å². The maximum absolute atomic E-state index is 12.3. The van der Waals surface area contributed by atoms with E-state index < -0.39 is 17.7 Å². The lowest BCUT2D eigenvalue weighted by Gasteiger charge is -2.28. The summed E-state index contributed by atoms with van der Waals surface area (Å²) in [6.45, 7) is 14.6. The molecule has 1 unspecified atom stereocenters. The summed E-state index contributed by atoms with van der Waals surface area (Å²) in [6, 6.07) is 1.34. The Balaban J connectivity index is 3.11. The van der Waals surface area contributed by atoms with E-state index in [9.17, 15) is 9.59 Å². The average Bonchev–Trinajstić information content (AvgIpc) is 2.65. The van der Waals surface area contributed by atoms with Crippen LogP contribution in [0.25, 0.3) is 0 Å². The minimum Gasteiger partial charge on any atom is -0.444 e. The number of likely N-dealkylation sites (N-methyl/N-ethyl adjacent to an activating group) is 1. The van der Waals surface area contributed by atoms with Crippen molar-refractivity contribution in [2.24, 2.45) is 5.92 Å². The molecule has 130 valence electrons. The van der Waals surface area contributed by atoms with E-state index in [-0.39, 0.29) is 0 Å². The highest BCUT2D eigenvalue weighted by Gasteiger charge is 2.28. The Labute approximate surface area is 139 Å². The first kappa shape index (κ1) is 19.3. The second kappa shape index (κ2) is 7.20. The maximum Gasteiger partial charge on any atom is 0.410 e. The fourth-order valence-electron chi connectivity index (χ4n) is 2.59. The van der Waals surface area contributed by atoms with Crippen LogP contribution in [0.5, 0.6) is 0 Å². The van der Waals surface area contributed by atoms with Crippen molar-refractivity contribution in [2.75, 3.05) is 7.05 Å². The molecule has 0 fully saturated rings. The van der Waals surface area contributed by atoms with Crippen LogP contribution in [0.15, 0.2) is 6.07 Å². The molecule has 0 radical (unpaired) electrons. The van der Waals surface area contributed by atoms with Crippen LogP contribution in [0.2, 0.25) is 0 Å². The lowest BCUT2D eigenvalue weighted by molar-refractivity contribution is -0.112. The largest absolute Gasteiger partial charge is 0.444 e. The number of nitrogens with zero attached hydrogens (tertiary/aromatic N) is 2. The van der Waals surface area contributed by atoms with Crippen molar-refractivity contribution >= 4 is 12.4 Å². The molecule has 1 heterocycles. The molecule has 1 rings (SSSR count). The van der Waals surface area contributed by atoms with Crippen molar-refractivity contribution in [3.8, 4) is 0 Å². The van der Waals surface area contributed by atoms with E-state index >= 15 is 0 Å². The minimum atomic E-state index is -0.642. The third-order valence-electron chi connectivity index (χ3n) is 3.71. The van der Waals surface area contributed by atoms with Crippen molar-refractivity contribution in [2.45, 2.75) is 66.7 Å². The van der Waals surface area contributed by atoms with Crippen molar-refractivity contribution in [3.63, 3.8) is 0 Å². The van der Waals surface area contributed by atoms with Crippen molar-refractivity contribution in [1.82, 2.24) is 9.47 Å². The number of aromatic nitrogens is 1.